The van der Waals surface area contributed by atoms with Gasteiger partial charge in [-0.05, 0) is 53.2 Å². The van der Waals surface area contributed by atoms with Crippen molar-refractivity contribution in [3.63, 3.8) is 0 Å². The Morgan fingerprint density at radius 1 is 1.27 bits per heavy atom. The fraction of sp³-hybridized carbons (Fsp3) is 0.125. The Labute approximate surface area is 145 Å². The second-order valence-corrected chi connectivity index (χ2v) is 6.25. The van der Waals surface area contributed by atoms with Gasteiger partial charge in [0.15, 0.2) is 6.10 Å². The lowest BCUT2D eigenvalue weighted by molar-refractivity contribution is -0.122. The van der Waals surface area contributed by atoms with E-state index in [-0.39, 0.29) is 5.91 Å². The Morgan fingerprint density at radius 2 is 2.00 bits per heavy atom. The molecule has 0 aromatic heterocycles. The summed E-state index contributed by atoms with van der Waals surface area (Å²) in [5.41, 5.74) is 0.883. The van der Waals surface area contributed by atoms with Gasteiger partial charge in [0.25, 0.3) is 5.91 Å². The monoisotopic (exact) mass is 422 g/mol. The number of carbonyl (C=O) groups excluding carboxylic acids is 1. The van der Waals surface area contributed by atoms with Crippen molar-refractivity contribution in [2.75, 3.05) is 5.32 Å². The predicted octanol–water partition coefficient (Wildman–Crippen LogP) is 4.49. The summed E-state index contributed by atoms with van der Waals surface area (Å²) in [5.74, 6) is 0.247. The van der Waals surface area contributed by atoms with Gasteiger partial charge in [-0.3, -0.25) is 4.79 Å². The number of carbonyl (C=O) groups is 1. The first-order valence-electron chi connectivity index (χ1n) is 6.43. The third-order valence-corrected chi connectivity index (χ3v) is 3.99. The average molecular weight is 424 g/mol. The topological polar surface area (TPSA) is 62.1 Å². The number of anilines is 1. The molecule has 1 N–H and O–H groups in total. The van der Waals surface area contributed by atoms with Crippen molar-refractivity contribution in [1.29, 1.82) is 5.26 Å². The van der Waals surface area contributed by atoms with Crippen LogP contribution in [0.25, 0.3) is 0 Å². The smallest absolute Gasteiger partial charge is 0.265 e. The molecule has 0 saturated carbocycles. The molecule has 0 unspecified atom stereocenters. The second kappa shape index (κ2) is 7.43. The molecule has 112 valence electrons. The van der Waals surface area contributed by atoms with Gasteiger partial charge in [-0.15, -0.1) is 0 Å². The van der Waals surface area contributed by atoms with E-state index in [1.807, 2.05) is 18.2 Å². The zero-order chi connectivity index (χ0) is 16.1. The number of hydrogen-bond donors (Lipinski definition) is 1. The minimum absolute atomic E-state index is 0.322. The van der Waals surface area contributed by atoms with Gasteiger partial charge in [0, 0.05) is 4.47 Å². The van der Waals surface area contributed by atoms with E-state index < -0.39 is 6.10 Å². The number of nitrogens with zero attached hydrogens (tertiary/aromatic N) is 1. The number of nitrogens with one attached hydrogen (secondary N) is 1. The van der Waals surface area contributed by atoms with Crippen molar-refractivity contribution in [1.82, 2.24) is 0 Å². The number of ether oxygens (including phenoxy) is 1. The SMILES string of the molecule is C[C@@H](Oc1ccc(Br)cc1Br)C(=O)Nc1ccccc1C#N. The molecule has 1 atom stereocenters. The van der Waals surface area contributed by atoms with E-state index in [0.717, 1.165) is 8.95 Å². The first-order valence-corrected chi connectivity index (χ1v) is 8.01. The quantitative estimate of drug-likeness (QED) is 0.787. The normalized spacial score (nSPS) is 11.4. The highest BCUT2D eigenvalue weighted by atomic mass is 79.9. The largest absolute Gasteiger partial charge is 0.480 e. The van der Waals surface area contributed by atoms with Crippen molar-refractivity contribution >= 4 is 43.5 Å². The van der Waals surface area contributed by atoms with Gasteiger partial charge < -0.3 is 10.1 Å². The summed E-state index contributed by atoms with van der Waals surface area (Å²) in [6.07, 6.45) is -0.704. The van der Waals surface area contributed by atoms with Gasteiger partial charge >= 0.3 is 0 Å². The van der Waals surface area contributed by atoms with Crippen LogP contribution in [0.5, 0.6) is 5.75 Å². The Balaban J connectivity index is 2.08. The molecule has 0 aliphatic heterocycles. The highest BCUT2D eigenvalue weighted by molar-refractivity contribution is 9.11. The summed E-state index contributed by atoms with van der Waals surface area (Å²) in [5, 5.41) is 11.7. The Hall–Kier alpha value is -1.84. The number of para-hydroxylation sites is 1. The van der Waals surface area contributed by atoms with Crippen LogP contribution in [0, 0.1) is 11.3 Å². The van der Waals surface area contributed by atoms with Crippen LogP contribution in [-0.2, 0) is 4.79 Å². The first kappa shape index (κ1) is 16.5. The maximum absolute atomic E-state index is 12.2. The maximum Gasteiger partial charge on any atom is 0.265 e. The molecular weight excluding hydrogens is 412 g/mol. The van der Waals surface area contributed by atoms with E-state index in [2.05, 4.69) is 37.2 Å². The maximum atomic E-state index is 12.2. The molecule has 2 rings (SSSR count). The molecule has 2 aromatic rings. The first-order chi connectivity index (χ1) is 10.5. The molecule has 0 fully saturated rings. The molecule has 0 radical (unpaired) electrons. The molecule has 0 spiro atoms. The van der Waals surface area contributed by atoms with Crippen molar-refractivity contribution in [2.24, 2.45) is 0 Å². The molecule has 0 aliphatic carbocycles. The van der Waals surface area contributed by atoms with E-state index in [1.165, 1.54) is 0 Å². The van der Waals surface area contributed by atoms with Gasteiger partial charge in [0.1, 0.15) is 11.8 Å². The molecular formula is C16H12Br2N2O2. The highest BCUT2D eigenvalue weighted by Crippen LogP contribution is 2.29. The molecule has 0 bridgehead atoms. The molecule has 0 aliphatic rings. The van der Waals surface area contributed by atoms with Crippen LogP contribution in [-0.4, -0.2) is 12.0 Å². The lowest BCUT2D eigenvalue weighted by Crippen LogP contribution is -2.30. The molecule has 0 heterocycles. The van der Waals surface area contributed by atoms with Crippen LogP contribution in [0.15, 0.2) is 51.4 Å². The lowest BCUT2D eigenvalue weighted by Gasteiger charge is -2.16. The third-order valence-electron chi connectivity index (χ3n) is 2.87. The van der Waals surface area contributed by atoms with Crippen LogP contribution in [0.2, 0.25) is 0 Å². The lowest BCUT2D eigenvalue weighted by atomic mass is 10.2. The second-order valence-electron chi connectivity index (χ2n) is 4.48. The van der Waals surface area contributed by atoms with Crippen LogP contribution in [0.4, 0.5) is 5.69 Å². The zero-order valence-electron chi connectivity index (χ0n) is 11.6. The number of halogens is 2. The van der Waals surface area contributed by atoms with Crippen molar-refractivity contribution in [3.8, 4) is 11.8 Å². The number of nitriles is 1. The summed E-state index contributed by atoms with van der Waals surface area (Å²) in [7, 11) is 0. The summed E-state index contributed by atoms with van der Waals surface area (Å²) < 4.78 is 7.30. The van der Waals surface area contributed by atoms with Crippen LogP contribution < -0.4 is 10.1 Å². The van der Waals surface area contributed by atoms with Gasteiger partial charge in [-0.1, -0.05) is 28.1 Å². The molecule has 2 aromatic carbocycles. The molecule has 1 amide bonds. The highest BCUT2D eigenvalue weighted by Gasteiger charge is 2.17. The number of rotatable bonds is 4. The third kappa shape index (κ3) is 4.09. The number of amides is 1. The summed E-state index contributed by atoms with van der Waals surface area (Å²) in [6, 6.07) is 14.3. The summed E-state index contributed by atoms with van der Waals surface area (Å²) in [4.78, 5) is 12.2. The average Bonchev–Trinajstić information content (AvgIpc) is 2.50. The Kier molecular flexibility index (Phi) is 5.58. The van der Waals surface area contributed by atoms with E-state index in [0.29, 0.717) is 17.0 Å². The van der Waals surface area contributed by atoms with Crippen LogP contribution in [0.1, 0.15) is 12.5 Å². The van der Waals surface area contributed by atoms with Crippen LogP contribution in [0.3, 0.4) is 0 Å². The fourth-order valence-corrected chi connectivity index (χ4v) is 2.88. The van der Waals surface area contributed by atoms with Crippen molar-refractivity contribution < 1.29 is 9.53 Å². The Morgan fingerprint density at radius 3 is 2.68 bits per heavy atom. The molecule has 4 nitrogen and oxygen atoms in total. The summed E-state index contributed by atoms with van der Waals surface area (Å²) >= 11 is 6.74. The van der Waals surface area contributed by atoms with Crippen molar-refractivity contribution in [3.05, 3.63) is 57.0 Å². The summed E-state index contributed by atoms with van der Waals surface area (Å²) in [6.45, 7) is 1.65. The van der Waals surface area contributed by atoms with Gasteiger partial charge in [0.2, 0.25) is 0 Å². The van der Waals surface area contributed by atoms with E-state index >= 15 is 0 Å². The number of benzene rings is 2. The number of hydrogen-bond acceptors (Lipinski definition) is 3. The fourth-order valence-electron chi connectivity index (χ4n) is 1.74. The van der Waals surface area contributed by atoms with Gasteiger partial charge in [-0.2, -0.15) is 5.26 Å². The van der Waals surface area contributed by atoms with Crippen molar-refractivity contribution in [2.45, 2.75) is 13.0 Å². The minimum atomic E-state index is -0.704. The molecule has 0 saturated heterocycles. The minimum Gasteiger partial charge on any atom is -0.480 e. The zero-order valence-corrected chi connectivity index (χ0v) is 14.8. The van der Waals surface area contributed by atoms with Gasteiger partial charge in [0.05, 0.1) is 15.7 Å². The van der Waals surface area contributed by atoms with E-state index in [9.17, 15) is 4.79 Å². The van der Waals surface area contributed by atoms with E-state index in [4.69, 9.17) is 10.00 Å². The molecule has 22 heavy (non-hydrogen) atoms. The standard InChI is InChI=1S/C16H12Br2N2O2/c1-10(22-15-7-6-12(17)8-13(15)18)16(21)20-14-5-3-2-4-11(14)9-19/h2-8,10H,1H3,(H,20,21)/t10-/m1/s1. The van der Waals surface area contributed by atoms with E-state index in [1.54, 1.807) is 37.3 Å². The van der Waals surface area contributed by atoms with Crippen LogP contribution >= 0.6 is 31.9 Å². The van der Waals surface area contributed by atoms with Gasteiger partial charge in [-0.25, -0.2) is 0 Å². The Bertz CT molecular complexity index is 741. The molecule has 6 heteroatoms. The predicted molar refractivity (Wildman–Crippen MR) is 91.7 cm³/mol.